The maximum absolute atomic E-state index is 5.93. The number of nitrogens with zero attached hydrogens (tertiary/aromatic N) is 1. The van der Waals surface area contributed by atoms with E-state index in [1.807, 2.05) is 0 Å². The lowest BCUT2D eigenvalue weighted by atomic mass is 9.86. The van der Waals surface area contributed by atoms with Crippen molar-refractivity contribution < 1.29 is 4.74 Å². The summed E-state index contributed by atoms with van der Waals surface area (Å²) in [7, 11) is 0. The van der Waals surface area contributed by atoms with Crippen molar-refractivity contribution >= 4 is 0 Å². The lowest BCUT2D eigenvalue weighted by molar-refractivity contribution is -0.00575. The van der Waals surface area contributed by atoms with Gasteiger partial charge in [0.2, 0.25) is 0 Å². The third-order valence-electron chi connectivity index (χ3n) is 3.96. The molecule has 0 aromatic carbocycles. The minimum Gasteiger partial charge on any atom is -0.377 e. The molecule has 19 heavy (non-hydrogen) atoms. The molecule has 1 rings (SSSR count). The molecule has 2 atom stereocenters. The van der Waals surface area contributed by atoms with Crippen LogP contribution in [0.25, 0.3) is 0 Å². The molecule has 1 heterocycles. The van der Waals surface area contributed by atoms with E-state index in [0.717, 1.165) is 32.7 Å². The Kier molecular flexibility index (Phi) is 7.33. The average molecular weight is 270 g/mol. The predicted octanol–water partition coefficient (Wildman–Crippen LogP) is 2.90. The fourth-order valence-electron chi connectivity index (χ4n) is 2.75. The summed E-state index contributed by atoms with van der Waals surface area (Å²) in [6.07, 6.45) is 4.09. The fourth-order valence-corrected chi connectivity index (χ4v) is 2.75. The van der Waals surface area contributed by atoms with Crippen molar-refractivity contribution in [2.24, 2.45) is 5.41 Å². The molecular weight excluding hydrogens is 236 g/mol. The minimum absolute atomic E-state index is 0.313. The van der Waals surface area contributed by atoms with Crippen LogP contribution in [0.5, 0.6) is 0 Å². The Morgan fingerprint density at radius 1 is 1.32 bits per heavy atom. The summed E-state index contributed by atoms with van der Waals surface area (Å²) >= 11 is 0. The molecule has 0 aliphatic carbocycles. The molecule has 1 aliphatic rings. The van der Waals surface area contributed by atoms with Gasteiger partial charge in [0, 0.05) is 25.7 Å². The molecule has 0 spiro atoms. The summed E-state index contributed by atoms with van der Waals surface area (Å²) in [5.41, 5.74) is 0.313. The zero-order valence-electron chi connectivity index (χ0n) is 13.7. The van der Waals surface area contributed by atoms with Gasteiger partial charge in [-0.25, -0.2) is 0 Å². The van der Waals surface area contributed by atoms with E-state index in [1.54, 1.807) is 0 Å². The molecular formula is C16H34N2O. The van der Waals surface area contributed by atoms with E-state index in [2.05, 4.69) is 44.8 Å². The van der Waals surface area contributed by atoms with Crippen LogP contribution in [0.4, 0.5) is 0 Å². The van der Waals surface area contributed by atoms with Crippen LogP contribution in [-0.4, -0.2) is 49.8 Å². The Hall–Kier alpha value is -0.120. The van der Waals surface area contributed by atoms with Crippen LogP contribution in [-0.2, 0) is 4.74 Å². The van der Waals surface area contributed by atoms with Gasteiger partial charge < -0.3 is 10.1 Å². The molecule has 3 heteroatoms. The summed E-state index contributed by atoms with van der Waals surface area (Å²) < 4.78 is 5.93. The van der Waals surface area contributed by atoms with Gasteiger partial charge in [0.05, 0.1) is 6.10 Å². The maximum atomic E-state index is 5.93. The van der Waals surface area contributed by atoms with Gasteiger partial charge >= 0.3 is 0 Å². The van der Waals surface area contributed by atoms with E-state index < -0.39 is 0 Å². The second-order valence-corrected chi connectivity index (χ2v) is 6.87. The molecule has 0 bridgehead atoms. The van der Waals surface area contributed by atoms with E-state index in [9.17, 15) is 0 Å². The second kappa shape index (κ2) is 8.23. The third kappa shape index (κ3) is 6.24. The zero-order valence-corrected chi connectivity index (χ0v) is 13.7. The van der Waals surface area contributed by atoms with Crippen molar-refractivity contribution in [3.8, 4) is 0 Å². The predicted molar refractivity (Wildman–Crippen MR) is 82.6 cm³/mol. The molecule has 1 fully saturated rings. The van der Waals surface area contributed by atoms with Crippen molar-refractivity contribution in [2.45, 2.75) is 66.0 Å². The minimum atomic E-state index is 0.313. The summed E-state index contributed by atoms with van der Waals surface area (Å²) in [5, 5.41) is 3.65. The van der Waals surface area contributed by atoms with Gasteiger partial charge in [0.1, 0.15) is 0 Å². The quantitative estimate of drug-likeness (QED) is 0.770. The Bertz CT molecular complexity index is 237. The van der Waals surface area contributed by atoms with Crippen molar-refractivity contribution in [3.05, 3.63) is 0 Å². The summed E-state index contributed by atoms with van der Waals surface area (Å²) in [6, 6.07) is 0.558. The first-order valence-corrected chi connectivity index (χ1v) is 8.04. The number of likely N-dealkylation sites (N-methyl/N-ethyl adjacent to an activating group) is 1. The van der Waals surface area contributed by atoms with Crippen LogP contribution in [0.2, 0.25) is 0 Å². The standard InChI is InChI=1S/C16H34N2O/c1-6-11-19-14-9-8-10-18(12-14)13-15(17-7-2)16(3,4)5/h14-15,17H,6-13H2,1-5H3. The van der Waals surface area contributed by atoms with Crippen LogP contribution in [0.15, 0.2) is 0 Å². The number of nitrogens with one attached hydrogen (secondary N) is 1. The van der Waals surface area contributed by atoms with E-state index in [0.29, 0.717) is 17.6 Å². The molecule has 0 radical (unpaired) electrons. The highest BCUT2D eigenvalue weighted by Crippen LogP contribution is 2.22. The lowest BCUT2D eigenvalue weighted by Crippen LogP contribution is -2.51. The van der Waals surface area contributed by atoms with E-state index in [-0.39, 0.29) is 0 Å². The van der Waals surface area contributed by atoms with Gasteiger partial charge in [-0.1, -0.05) is 34.6 Å². The van der Waals surface area contributed by atoms with Crippen molar-refractivity contribution in [2.75, 3.05) is 32.8 Å². The molecule has 1 saturated heterocycles. The molecule has 1 N–H and O–H groups in total. The number of hydrogen-bond acceptors (Lipinski definition) is 3. The van der Waals surface area contributed by atoms with E-state index in [1.165, 1.54) is 19.4 Å². The molecule has 3 nitrogen and oxygen atoms in total. The van der Waals surface area contributed by atoms with Gasteiger partial charge in [0.15, 0.2) is 0 Å². The van der Waals surface area contributed by atoms with E-state index >= 15 is 0 Å². The van der Waals surface area contributed by atoms with Crippen LogP contribution in [0.3, 0.4) is 0 Å². The number of piperidine rings is 1. The largest absolute Gasteiger partial charge is 0.377 e. The molecule has 0 aromatic rings. The van der Waals surface area contributed by atoms with Crippen molar-refractivity contribution in [1.82, 2.24) is 10.2 Å². The Morgan fingerprint density at radius 3 is 2.63 bits per heavy atom. The molecule has 0 aromatic heterocycles. The molecule has 0 amide bonds. The highest BCUT2D eigenvalue weighted by atomic mass is 16.5. The Labute approximate surface area is 120 Å². The van der Waals surface area contributed by atoms with E-state index in [4.69, 9.17) is 4.74 Å². The number of rotatable bonds is 7. The first-order valence-electron chi connectivity index (χ1n) is 8.04. The summed E-state index contributed by atoms with van der Waals surface area (Å²) in [5.74, 6) is 0. The first kappa shape index (κ1) is 16.9. The molecule has 0 saturated carbocycles. The summed E-state index contributed by atoms with van der Waals surface area (Å²) in [4.78, 5) is 2.59. The Balaban J connectivity index is 2.45. The number of likely N-dealkylation sites (tertiary alicyclic amines) is 1. The monoisotopic (exact) mass is 270 g/mol. The Morgan fingerprint density at radius 2 is 2.05 bits per heavy atom. The van der Waals surface area contributed by atoms with Gasteiger partial charge in [-0.15, -0.1) is 0 Å². The highest BCUT2D eigenvalue weighted by molar-refractivity contribution is 4.85. The average Bonchev–Trinajstić information content (AvgIpc) is 2.35. The molecule has 114 valence electrons. The molecule has 1 aliphatic heterocycles. The molecule has 2 unspecified atom stereocenters. The zero-order chi connectivity index (χ0) is 14.3. The van der Waals surface area contributed by atoms with Crippen molar-refractivity contribution in [1.29, 1.82) is 0 Å². The SMILES string of the molecule is CCCOC1CCCN(CC(NCC)C(C)(C)C)C1. The second-order valence-electron chi connectivity index (χ2n) is 6.87. The lowest BCUT2D eigenvalue weighted by Gasteiger charge is -2.39. The van der Waals surface area contributed by atoms with Gasteiger partial charge in [-0.2, -0.15) is 0 Å². The van der Waals surface area contributed by atoms with Crippen LogP contribution >= 0.6 is 0 Å². The maximum Gasteiger partial charge on any atom is 0.0702 e. The van der Waals surface area contributed by atoms with Gasteiger partial charge in [0.25, 0.3) is 0 Å². The fraction of sp³-hybridized carbons (Fsp3) is 1.00. The third-order valence-corrected chi connectivity index (χ3v) is 3.96. The highest BCUT2D eigenvalue weighted by Gasteiger charge is 2.28. The number of ether oxygens (including phenoxy) is 1. The number of hydrogen-bond donors (Lipinski definition) is 1. The first-order chi connectivity index (χ1) is 8.97. The van der Waals surface area contributed by atoms with Gasteiger partial charge in [-0.05, 0) is 37.8 Å². The topological polar surface area (TPSA) is 24.5 Å². The van der Waals surface area contributed by atoms with Crippen LogP contribution in [0, 0.1) is 5.41 Å². The summed E-state index contributed by atoms with van der Waals surface area (Å²) in [6.45, 7) is 16.8. The smallest absolute Gasteiger partial charge is 0.0702 e. The van der Waals surface area contributed by atoms with Gasteiger partial charge in [-0.3, -0.25) is 4.90 Å². The van der Waals surface area contributed by atoms with Crippen molar-refractivity contribution in [3.63, 3.8) is 0 Å². The normalized spacial score (nSPS) is 23.5. The van der Waals surface area contributed by atoms with Crippen LogP contribution in [0.1, 0.15) is 53.9 Å². The van der Waals surface area contributed by atoms with Crippen LogP contribution < -0.4 is 5.32 Å².